The fraction of sp³-hybridized carbons (Fsp3) is 0. The average molecular weight is 566 g/mol. The maximum atomic E-state index is 6.41. The molecule has 9 aromatic rings. The van der Waals surface area contributed by atoms with Gasteiger partial charge in [-0.05, 0) is 59.7 Å². The number of para-hydroxylation sites is 1. The molecule has 0 aliphatic heterocycles. The van der Waals surface area contributed by atoms with Gasteiger partial charge in [-0.25, -0.2) is 15.0 Å². The molecule has 0 aliphatic rings. The predicted octanol–water partition coefficient (Wildman–Crippen LogP) is 10.3. The molecule has 3 heterocycles. The Bertz CT molecular complexity index is 2500. The van der Waals surface area contributed by atoms with Gasteiger partial charge in [-0.3, -0.25) is 0 Å². The van der Waals surface area contributed by atoms with Crippen LogP contribution in [0.25, 0.3) is 89.2 Å². The number of hydrogen-bond donors (Lipinski definition) is 0. The van der Waals surface area contributed by atoms with Gasteiger partial charge < -0.3 is 8.83 Å². The summed E-state index contributed by atoms with van der Waals surface area (Å²) in [6.45, 7) is 0. The second kappa shape index (κ2) is 9.75. The SMILES string of the molecule is c1ccc(-c2ccc3c(c2)oc2cc(-c4nc(-c5ccccc5)nc(-c5ccc6oc7ccccc7c6c5)n4)ccc23)cc1. The van der Waals surface area contributed by atoms with Crippen LogP contribution in [-0.2, 0) is 0 Å². The summed E-state index contributed by atoms with van der Waals surface area (Å²) >= 11 is 0. The summed E-state index contributed by atoms with van der Waals surface area (Å²) in [4.78, 5) is 14.9. The van der Waals surface area contributed by atoms with Crippen molar-refractivity contribution in [3.8, 4) is 45.3 Å². The maximum Gasteiger partial charge on any atom is 0.164 e. The molecule has 0 saturated heterocycles. The van der Waals surface area contributed by atoms with Crippen LogP contribution in [0.3, 0.4) is 0 Å². The molecule has 3 aromatic heterocycles. The molecule has 5 nitrogen and oxygen atoms in total. The van der Waals surface area contributed by atoms with Crippen molar-refractivity contribution >= 4 is 43.9 Å². The maximum absolute atomic E-state index is 6.41. The van der Waals surface area contributed by atoms with E-state index in [1.807, 2.05) is 84.9 Å². The molecule has 0 spiro atoms. The van der Waals surface area contributed by atoms with Gasteiger partial charge in [0, 0.05) is 38.2 Å². The predicted molar refractivity (Wildman–Crippen MR) is 176 cm³/mol. The topological polar surface area (TPSA) is 65.0 Å². The van der Waals surface area contributed by atoms with Gasteiger partial charge in [0.1, 0.15) is 22.3 Å². The van der Waals surface area contributed by atoms with E-state index in [-0.39, 0.29) is 0 Å². The van der Waals surface area contributed by atoms with Gasteiger partial charge in [0.15, 0.2) is 17.5 Å². The Labute approximate surface area is 252 Å². The Morgan fingerprint density at radius 3 is 1.50 bits per heavy atom. The normalized spacial score (nSPS) is 11.6. The van der Waals surface area contributed by atoms with Crippen LogP contribution in [0, 0.1) is 0 Å². The van der Waals surface area contributed by atoms with Crippen LogP contribution >= 0.6 is 0 Å². The summed E-state index contributed by atoms with van der Waals surface area (Å²) in [7, 11) is 0. The minimum absolute atomic E-state index is 0.582. The lowest BCUT2D eigenvalue weighted by Gasteiger charge is -2.08. The lowest BCUT2D eigenvalue weighted by molar-refractivity contribution is 0.668. The average Bonchev–Trinajstić information content (AvgIpc) is 3.66. The number of fused-ring (bicyclic) bond motifs is 6. The van der Waals surface area contributed by atoms with Gasteiger partial charge in [-0.2, -0.15) is 0 Å². The number of rotatable bonds is 4. The second-order valence-corrected chi connectivity index (χ2v) is 10.9. The van der Waals surface area contributed by atoms with Crippen molar-refractivity contribution in [1.29, 1.82) is 0 Å². The second-order valence-electron chi connectivity index (χ2n) is 10.9. The molecular weight excluding hydrogens is 542 g/mol. The zero-order valence-corrected chi connectivity index (χ0v) is 23.4. The van der Waals surface area contributed by atoms with E-state index in [1.165, 1.54) is 0 Å². The quantitative estimate of drug-likeness (QED) is 0.212. The summed E-state index contributed by atoms with van der Waals surface area (Å²) in [5.41, 5.74) is 8.27. The number of nitrogens with zero attached hydrogens (tertiary/aromatic N) is 3. The Balaban J connectivity index is 1.20. The molecule has 0 bridgehead atoms. The minimum atomic E-state index is 0.582. The molecule has 0 aliphatic carbocycles. The van der Waals surface area contributed by atoms with Crippen LogP contribution in [0.1, 0.15) is 0 Å². The van der Waals surface area contributed by atoms with E-state index in [4.69, 9.17) is 23.8 Å². The third kappa shape index (κ3) is 4.06. The van der Waals surface area contributed by atoms with E-state index in [0.717, 1.165) is 71.7 Å². The molecule has 5 heteroatoms. The number of furan rings is 2. The molecule has 6 aromatic carbocycles. The highest BCUT2D eigenvalue weighted by Gasteiger charge is 2.16. The molecule has 0 amide bonds. The van der Waals surface area contributed by atoms with Crippen LogP contribution in [0.4, 0.5) is 0 Å². The number of hydrogen-bond acceptors (Lipinski definition) is 5. The summed E-state index contributed by atoms with van der Waals surface area (Å²) in [6, 6.07) is 47.1. The van der Waals surface area contributed by atoms with Crippen LogP contribution in [-0.4, -0.2) is 15.0 Å². The fourth-order valence-corrected chi connectivity index (χ4v) is 5.94. The molecule has 9 rings (SSSR count). The Morgan fingerprint density at radius 2 is 0.773 bits per heavy atom. The third-order valence-corrected chi connectivity index (χ3v) is 8.14. The summed E-state index contributed by atoms with van der Waals surface area (Å²) in [5.74, 6) is 1.79. The molecular formula is C39H23N3O2. The Kier molecular flexibility index (Phi) is 5.43. The molecule has 0 radical (unpaired) electrons. The van der Waals surface area contributed by atoms with Crippen LogP contribution < -0.4 is 0 Å². The van der Waals surface area contributed by atoms with Crippen molar-refractivity contribution in [3.05, 3.63) is 140 Å². The van der Waals surface area contributed by atoms with E-state index >= 15 is 0 Å². The molecule has 0 saturated carbocycles. The lowest BCUT2D eigenvalue weighted by atomic mass is 10.0. The van der Waals surface area contributed by atoms with Crippen molar-refractivity contribution in [2.24, 2.45) is 0 Å². The van der Waals surface area contributed by atoms with E-state index in [1.54, 1.807) is 0 Å². The van der Waals surface area contributed by atoms with Crippen LogP contribution in [0.15, 0.2) is 148 Å². The fourth-order valence-electron chi connectivity index (χ4n) is 5.94. The first-order valence-corrected chi connectivity index (χ1v) is 14.5. The van der Waals surface area contributed by atoms with Crippen molar-refractivity contribution in [2.45, 2.75) is 0 Å². The first kappa shape index (κ1) is 24.5. The highest BCUT2D eigenvalue weighted by molar-refractivity contribution is 6.07. The van der Waals surface area contributed by atoms with Crippen LogP contribution in [0.5, 0.6) is 0 Å². The smallest absolute Gasteiger partial charge is 0.164 e. The van der Waals surface area contributed by atoms with Gasteiger partial charge in [-0.1, -0.05) is 91.0 Å². The van der Waals surface area contributed by atoms with Gasteiger partial charge in [0.05, 0.1) is 0 Å². The van der Waals surface area contributed by atoms with Gasteiger partial charge in [-0.15, -0.1) is 0 Å². The molecule has 206 valence electrons. The Hall–Kier alpha value is -6.07. The van der Waals surface area contributed by atoms with E-state index in [2.05, 4.69) is 54.6 Å². The van der Waals surface area contributed by atoms with E-state index < -0.39 is 0 Å². The van der Waals surface area contributed by atoms with Crippen molar-refractivity contribution in [3.63, 3.8) is 0 Å². The monoisotopic (exact) mass is 565 g/mol. The summed E-state index contributed by atoms with van der Waals surface area (Å²) in [5, 5.41) is 4.22. The molecule has 0 unspecified atom stereocenters. The van der Waals surface area contributed by atoms with E-state index in [9.17, 15) is 0 Å². The first-order valence-electron chi connectivity index (χ1n) is 14.5. The minimum Gasteiger partial charge on any atom is -0.456 e. The third-order valence-electron chi connectivity index (χ3n) is 8.14. The highest BCUT2D eigenvalue weighted by Crippen LogP contribution is 2.36. The molecule has 44 heavy (non-hydrogen) atoms. The molecule has 0 atom stereocenters. The molecule has 0 fully saturated rings. The summed E-state index contributed by atoms with van der Waals surface area (Å²) in [6.07, 6.45) is 0. The van der Waals surface area contributed by atoms with Crippen molar-refractivity contribution < 1.29 is 8.83 Å². The lowest BCUT2D eigenvalue weighted by Crippen LogP contribution is -2.00. The summed E-state index contributed by atoms with van der Waals surface area (Å²) < 4.78 is 12.5. The van der Waals surface area contributed by atoms with E-state index in [0.29, 0.717) is 17.5 Å². The highest BCUT2D eigenvalue weighted by atomic mass is 16.3. The van der Waals surface area contributed by atoms with Gasteiger partial charge >= 0.3 is 0 Å². The van der Waals surface area contributed by atoms with Crippen molar-refractivity contribution in [2.75, 3.05) is 0 Å². The Morgan fingerprint density at radius 1 is 0.295 bits per heavy atom. The van der Waals surface area contributed by atoms with Crippen LogP contribution in [0.2, 0.25) is 0 Å². The molecule has 0 N–H and O–H groups in total. The largest absolute Gasteiger partial charge is 0.456 e. The van der Waals surface area contributed by atoms with Gasteiger partial charge in [0.25, 0.3) is 0 Å². The number of aromatic nitrogens is 3. The zero-order valence-electron chi connectivity index (χ0n) is 23.4. The van der Waals surface area contributed by atoms with Crippen molar-refractivity contribution in [1.82, 2.24) is 15.0 Å². The number of benzene rings is 6. The first-order chi connectivity index (χ1) is 21.8. The van der Waals surface area contributed by atoms with Gasteiger partial charge in [0.2, 0.25) is 0 Å². The zero-order chi connectivity index (χ0) is 29.0. The standard InChI is InChI=1S/C39H23N3O2/c1-3-9-24(10-4-1)26-15-18-30-31-19-16-28(23-36(31)44-35(30)22-26)39-41-37(25-11-5-2-6-12-25)40-38(42-39)27-17-20-34-32(21-27)29-13-7-8-14-33(29)43-34/h1-23H.